The minimum absolute atomic E-state index is 0.0393. The Morgan fingerprint density at radius 1 is 1.39 bits per heavy atom. The summed E-state index contributed by atoms with van der Waals surface area (Å²) in [6.07, 6.45) is 8.11. The Bertz CT molecular complexity index is 582. The molecule has 2 fully saturated rings. The van der Waals surface area contributed by atoms with Gasteiger partial charge in [-0.2, -0.15) is 0 Å². The van der Waals surface area contributed by atoms with Crippen LogP contribution in [0, 0.1) is 12.8 Å². The first-order valence-electron chi connectivity index (χ1n) is 8.84. The van der Waals surface area contributed by atoms with Crippen molar-refractivity contribution in [1.29, 1.82) is 0 Å². The summed E-state index contributed by atoms with van der Waals surface area (Å²) in [5.41, 5.74) is 0.640. The Hall–Kier alpha value is -1.40. The lowest BCUT2D eigenvalue weighted by Crippen LogP contribution is -2.33. The van der Waals surface area contributed by atoms with Gasteiger partial charge in [-0.05, 0) is 51.5 Å². The molecule has 2 heterocycles. The maximum absolute atomic E-state index is 12.3. The van der Waals surface area contributed by atoms with E-state index in [-0.39, 0.29) is 12.2 Å². The van der Waals surface area contributed by atoms with Gasteiger partial charge in [0.1, 0.15) is 0 Å². The lowest BCUT2D eigenvalue weighted by molar-refractivity contribution is 0.237. The van der Waals surface area contributed by atoms with Crippen molar-refractivity contribution in [3.05, 3.63) is 22.2 Å². The van der Waals surface area contributed by atoms with Crippen molar-refractivity contribution in [2.45, 2.75) is 51.6 Å². The highest BCUT2D eigenvalue weighted by Crippen LogP contribution is 2.32. The maximum atomic E-state index is 12.3. The molecule has 1 saturated heterocycles. The van der Waals surface area contributed by atoms with Crippen molar-refractivity contribution in [2.24, 2.45) is 5.92 Å². The molecule has 6 nitrogen and oxygen atoms in total. The Balaban J connectivity index is 1.54. The van der Waals surface area contributed by atoms with Gasteiger partial charge >= 0.3 is 0 Å². The highest BCUT2D eigenvalue weighted by atomic mass is 16.3. The second-order valence-electron chi connectivity index (χ2n) is 6.88. The standard InChI is InChI=1S/C17H28N4O2/c1-13-11-19-16(17(23)21(13)9-10-22)18-7-6-15-3-2-8-20(15)12-14-4-5-14/h11,14-15,22H,2-10,12H2,1H3,(H,18,19). The second kappa shape index (κ2) is 7.45. The summed E-state index contributed by atoms with van der Waals surface area (Å²) in [5.74, 6) is 1.34. The SMILES string of the molecule is Cc1cnc(NCCC2CCCN2CC2CC2)c(=O)n1CCO. The van der Waals surface area contributed by atoms with Gasteiger partial charge in [-0.25, -0.2) is 4.98 Å². The molecule has 1 aromatic rings. The first-order valence-corrected chi connectivity index (χ1v) is 8.84. The van der Waals surface area contributed by atoms with E-state index in [0.29, 0.717) is 18.4 Å². The molecule has 0 radical (unpaired) electrons. The zero-order valence-corrected chi connectivity index (χ0v) is 14.0. The van der Waals surface area contributed by atoms with E-state index >= 15 is 0 Å². The molecule has 0 spiro atoms. The summed E-state index contributed by atoms with van der Waals surface area (Å²) in [7, 11) is 0. The molecule has 1 aromatic heterocycles. The van der Waals surface area contributed by atoms with Crippen LogP contribution in [0.1, 0.15) is 37.8 Å². The number of nitrogens with one attached hydrogen (secondary N) is 1. The van der Waals surface area contributed by atoms with E-state index in [1.807, 2.05) is 6.92 Å². The Labute approximate surface area is 137 Å². The monoisotopic (exact) mass is 320 g/mol. The fraction of sp³-hybridized carbons (Fsp3) is 0.765. The summed E-state index contributed by atoms with van der Waals surface area (Å²) in [4.78, 5) is 19.2. The van der Waals surface area contributed by atoms with Crippen LogP contribution in [-0.2, 0) is 6.54 Å². The number of hydrogen-bond acceptors (Lipinski definition) is 5. The molecule has 2 aliphatic rings. The van der Waals surface area contributed by atoms with Gasteiger partial charge in [-0.15, -0.1) is 0 Å². The van der Waals surface area contributed by atoms with E-state index in [0.717, 1.165) is 24.6 Å². The molecular weight excluding hydrogens is 292 g/mol. The van der Waals surface area contributed by atoms with E-state index in [1.165, 1.54) is 38.8 Å². The number of aromatic nitrogens is 2. The Kier molecular flexibility index (Phi) is 5.33. The number of aryl methyl sites for hydroxylation is 1. The van der Waals surface area contributed by atoms with Gasteiger partial charge in [-0.1, -0.05) is 0 Å². The predicted molar refractivity (Wildman–Crippen MR) is 90.7 cm³/mol. The van der Waals surface area contributed by atoms with Crippen LogP contribution in [0.4, 0.5) is 5.82 Å². The molecule has 2 N–H and O–H groups in total. The van der Waals surface area contributed by atoms with Gasteiger partial charge in [0, 0.05) is 37.6 Å². The number of anilines is 1. The van der Waals surface area contributed by atoms with Crippen LogP contribution in [0.25, 0.3) is 0 Å². The fourth-order valence-electron chi connectivity index (χ4n) is 3.52. The number of likely N-dealkylation sites (tertiary alicyclic amines) is 1. The zero-order chi connectivity index (χ0) is 16.2. The number of aliphatic hydroxyl groups is 1. The lowest BCUT2D eigenvalue weighted by atomic mass is 10.1. The van der Waals surface area contributed by atoms with Crippen LogP contribution in [0.5, 0.6) is 0 Å². The van der Waals surface area contributed by atoms with Gasteiger partial charge in [-0.3, -0.25) is 4.79 Å². The highest BCUT2D eigenvalue weighted by Gasteiger charge is 2.30. The average Bonchev–Trinajstić information content (AvgIpc) is 3.24. The van der Waals surface area contributed by atoms with Crippen LogP contribution in [0.2, 0.25) is 0 Å². The summed E-state index contributed by atoms with van der Waals surface area (Å²) >= 11 is 0. The molecule has 1 aliphatic heterocycles. The van der Waals surface area contributed by atoms with E-state index in [9.17, 15) is 4.79 Å². The van der Waals surface area contributed by atoms with Crippen molar-refractivity contribution in [3.63, 3.8) is 0 Å². The Morgan fingerprint density at radius 3 is 2.96 bits per heavy atom. The maximum Gasteiger partial charge on any atom is 0.293 e. The number of rotatable bonds is 8. The molecule has 3 rings (SSSR count). The molecule has 1 aliphatic carbocycles. The fourth-order valence-corrected chi connectivity index (χ4v) is 3.52. The quantitative estimate of drug-likeness (QED) is 0.754. The topological polar surface area (TPSA) is 70.4 Å². The third-order valence-electron chi connectivity index (χ3n) is 5.04. The van der Waals surface area contributed by atoms with Gasteiger partial charge in [0.05, 0.1) is 6.61 Å². The largest absolute Gasteiger partial charge is 0.395 e. The molecule has 0 aromatic carbocycles. The number of nitrogens with zero attached hydrogens (tertiary/aromatic N) is 3. The van der Waals surface area contributed by atoms with Crippen molar-refractivity contribution in [3.8, 4) is 0 Å². The van der Waals surface area contributed by atoms with E-state index < -0.39 is 0 Å². The van der Waals surface area contributed by atoms with Gasteiger partial charge < -0.3 is 19.9 Å². The van der Waals surface area contributed by atoms with Crippen molar-refractivity contribution in [1.82, 2.24) is 14.5 Å². The van der Waals surface area contributed by atoms with Gasteiger partial charge in [0.15, 0.2) is 5.82 Å². The molecule has 6 heteroatoms. The summed E-state index contributed by atoms with van der Waals surface area (Å²) < 4.78 is 1.57. The van der Waals surface area contributed by atoms with Crippen molar-refractivity contribution < 1.29 is 5.11 Å². The molecule has 23 heavy (non-hydrogen) atoms. The molecule has 128 valence electrons. The van der Waals surface area contributed by atoms with Crippen LogP contribution in [0.15, 0.2) is 11.0 Å². The molecule has 1 unspecified atom stereocenters. The first kappa shape index (κ1) is 16.5. The molecule has 0 bridgehead atoms. The minimum atomic E-state index is -0.139. The normalized spacial score (nSPS) is 21.7. The van der Waals surface area contributed by atoms with Gasteiger partial charge in [0.2, 0.25) is 0 Å². The van der Waals surface area contributed by atoms with Crippen LogP contribution >= 0.6 is 0 Å². The van der Waals surface area contributed by atoms with Gasteiger partial charge in [0.25, 0.3) is 5.56 Å². The van der Waals surface area contributed by atoms with Crippen LogP contribution < -0.4 is 10.9 Å². The smallest absolute Gasteiger partial charge is 0.293 e. The lowest BCUT2D eigenvalue weighted by Gasteiger charge is -2.24. The van der Waals surface area contributed by atoms with Crippen molar-refractivity contribution in [2.75, 3.05) is 31.6 Å². The Morgan fingerprint density at radius 2 is 2.22 bits per heavy atom. The highest BCUT2D eigenvalue weighted by molar-refractivity contribution is 5.31. The second-order valence-corrected chi connectivity index (χ2v) is 6.88. The van der Waals surface area contributed by atoms with E-state index in [4.69, 9.17) is 5.11 Å². The summed E-state index contributed by atoms with van der Waals surface area (Å²) in [6.45, 7) is 5.38. The third-order valence-corrected chi connectivity index (χ3v) is 5.04. The molecule has 1 atom stereocenters. The number of aliphatic hydroxyl groups excluding tert-OH is 1. The molecule has 1 saturated carbocycles. The summed E-state index contributed by atoms with van der Waals surface area (Å²) in [6, 6.07) is 0.646. The first-order chi connectivity index (χ1) is 11.2. The summed E-state index contributed by atoms with van der Waals surface area (Å²) in [5, 5.41) is 12.3. The van der Waals surface area contributed by atoms with Crippen LogP contribution in [-0.4, -0.2) is 51.8 Å². The zero-order valence-electron chi connectivity index (χ0n) is 14.0. The average molecular weight is 320 g/mol. The van der Waals surface area contributed by atoms with Crippen molar-refractivity contribution >= 4 is 5.82 Å². The van der Waals surface area contributed by atoms with E-state index in [2.05, 4.69) is 15.2 Å². The van der Waals surface area contributed by atoms with E-state index in [1.54, 1.807) is 10.8 Å². The minimum Gasteiger partial charge on any atom is -0.395 e. The molecular formula is C17H28N4O2. The third kappa shape index (κ3) is 4.12. The predicted octanol–water partition coefficient (Wildman–Crippen LogP) is 1.22. The van der Waals surface area contributed by atoms with Crippen LogP contribution in [0.3, 0.4) is 0 Å². The number of hydrogen-bond donors (Lipinski definition) is 2. The molecule has 0 amide bonds.